The van der Waals surface area contributed by atoms with Crippen molar-refractivity contribution < 1.29 is 23.4 Å². The van der Waals surface area contributed by atoms with E-state index in [0.29, 0.717) is 51.5 Å². The van der Waals surface area contributed by atoms with Gasteiger partial charge in [0.15, 0.2) is 11.5 Å². The molecule has 5 aromatic rings. The zero-order chi connectivity index (χ0) is 25.6. The maximum absolute atomic E-state index is 13.4. The van der Waals surface area contributed by atoms with Crippen LogP contribution < -0.4 is 19.5 Å². The zero-order valence-corrected chi connectivity index (χ0v) is 20.3. The summed E-state index contributed by atoms with van der Waals surface area (Å²) >= 11 is 0. The third-order valence-electron chi connectivity index (χ3n) is 5.69. The molecule has 5 rings (SSSR count). The number of amides is 1. The average molecular weight is 493 g/mol. The first-order chi connectivity index (χ1) is 18.2. The van der Waals surface area contributed by atoms with Gasteiger partial charge in [0.05, 0.1) is 37.2 Å². The van der Waals surface area contributed by atoms with Gasteiger partial charge in [-0.25, -0.2) is 4.98 Å². The highest BCUT2D eigenvalue weighted by Gasteiger charge is 2.19. The molecule has 0 aliphatic heterocycles. The van der Waals surface area contributed by atoms with E-state index < -0.39 is 0 Å². The fourth-order valence-corrected chi connectivity index (χ4v) is 3.86. The van der Waals surface area contributed by atoms with Crippen LogP contribution in [0.5, 0.6) is 23.0 Å². The second-order valence-corrected chi connectivity index (χ2v) is 8.01. The topological polar surface area (TPSA) is 82.8 Å². The minimum Gasteiger partial charge on any atom is -0.497 e. The van der Waals surface area contributed by atoms with Crippen LogP contribution in [-0.2, 0) is 0 Å². The van der Waals surface area contributed by atoms with Crippen LogP contribution in [0.15, 0.2) is 108 Å². The Labute approximate surface area is 214 Å². The normalized spacial score (nSPS) is 10.5. The molecule has 0 unspecified atom stereocenters. The fraction of sp³-hybridized carbons (Fsp3) is 0.0667. The van der Waals surface area contributed by atoms with Gasteiger partial charge in [-0.05, 0) is 48.5 Å². The van der Waals surface area contributed by atoms with E-state index in [9.17, 15) is 4.79 Å². The van der Waals surface area contributed by atoms with Gasteiger partial charge in [0, 0.05) is 11.6 Å². The third kappa shape index (κ3) is 5.16. The van der Waals surface area contributed by atoms with Crippen LogP contribution in [0.25, 0.3) is 22.8 Å². The molecule has 0 saturated heterocycles. The largest absolute Gasteiger partial charge is 0.497 e. The van der Waals surface area contributed by atoms with E-state index in [-0.39, 0.29) is 5.91 Å². The number of hydrogen-bond donors (Lipinski definition) is 1. The minimum atomic E-state index is -0.318. The Morgan fingerprint density at radius 2 is 1.51 bits per heavy atom. The molecular weight excluding hydrogens is 468 g/mol. The summed E-state index contributed by atoms with van der Waals surface area (Å²) in [6, 6.07) is 29.2. The van der Waals surface area contributed by atoms with Crippen molar-refractivity contribution in [3.8, 4) is 45.8 Å². The lowest BCUT2D eigenvalue weighted by molar-refractivity contribution is 0.102. The molecule has 37 heavy (non-hydrogen) atoms. The van der Waals surface area contributed by atoms with Gasteiger partial charge in [-0.2, -0.15) is 0 Å². The Morgan fingerprint density at radius 3 is 2.32 bits per heavy atom. The first-order valence-electron chi connectivity index (χ1n) is 11.6. The number of aromatic nitrogens is 1. The van der Waals surface area contributed by atoms with Gasteiger partial charge in [-0.1, -0.05) is 42.5 Å². The summed E-state index contributed by atoms with van der Waals surface area (Å²) in [7, 11) is 3.17. The molecule has 1 aromatic heterocycles. The predicted molar refractivity (Wildman–Crippen MR) is 141 cm³/mol. The number of methoxy groups -OCH3 is 2. The van der Waals surface area contributed by atoms with Crippen LogP contribution >= 0.6 is 0 Å². The molecule has 7 heteroatoms. The molecule has 184 valence electrons. The average Bonchev–Trinajstić information content (AvgIpc) is 3.44. The summed E-state index contributed by atoms with van der Waals surface area (Å²) in [5.74, 6) is 2.96. The Morgan fingerprint density at radius 1 is 0.757 bits per heavy atom. The van der Waals surface area contributed by atoms with Crippen molar-refractivity contribution in [3.63, 3.8) is 0 Å². The highest BCUT2D eigenvalue weighted by atomic mass is 16.5. The summed E-state index contributed by atoms with van der Waals surface area (Å²) in [5.41, 5.74) is 2.23. The van der Waals surface area contributed by atoms with Crippen molar-refractivity contribution in [2.75, 3.05) is 19.5 Å². The summed E-state index contributed by atoms with van der Waals surface area (Å²) in [6.07, 6.45) is 1.61. The Hall–Kier alpha value is -5.04. The molecule has 0 bridgehead atoms. The molecule has 0 saturated carbocycles. The van der Waals surface area contributed by atoms with E-state index in [4.69, 9.17) is 18.6 Å². The molecule has 4 aromatic carbocycles. The van der Waals surface area contributed by atoms with Gasteiger partial charge < -0.3 is 23.9 Å². The number of carbonyl (C=O) groups excluding carboxylic acids is 1. The van der Waals surface area contributed by atoms with E-state index >= 15 is 0 Å². The number of carbonyl (C=O) groups is 1. The number of hydrogen-bond acceptors (Lipinski definition) is 6. The quantitative estimate of drug-likeness (QED) is 0.249. The van der Waals surface area contributed by atoms with E-state index in [0.717, 1.165) is 5.56 Å². The predicted octanol–water partition coefficient (Wildman–Crippen LogP) is 7.07. The third-order valence-corrected chi connectivity index (χ3v) is 5.69. The van der Waals surface area contributed by atoms with Crippen LogP contribution in [0.1, 0.15) is 10.4 Å². The molecule has 7 nitrogen and oxygen atoms in total. The van der Waals surface area contributed by atoms with E-state index in [2.05, 4.69) is 10.3 Å². The van der Waals surface area contributed by atoms with Crippen molar-refractivity contribution in [1.29, 1.82) is 0 Å². The standard InChI is InChI=1S/C30H24N2O5/c1-34-21-16-17-24(27(18-21)35-2)28-19-31-30(37-28)23-13-7-6-12-22(23)29(33)32-25-14-8-9-15-26(25)36-20-10-4-3-5-11-20/h3-19H,1-2H3,(H,32,33). The van der Waals surface area contributed by atoms with Crippen LogP contribution in [0, 0.1) is 0 Å². The first kappa shape index (κ1) is 23.7. The first-order valence-corrected chi connectivity index (χ1v) is 11.6. The molecule has 0 radical (unpaired) electrons. The molecule has 1 heterocycles. The summed E-state index contributed by atoms with van der Waals surface area (Å²) in [5, 5.41) is 2.96. The van der Waals surface area contributed by atoms with Crippen LogP contribution in [0.4, 0.5) is 5.69 Å². The highest BCUT2D eigenvalue weighted by molar-refractivity contribution is 6.08. The van der Waals surface area contributed by atoms with Crippen molar-refractivity contribution >= 4 is 11.6 Å². The molecule has 0 fully saturated rings. The number of anilines is 1. The van der Waals surface area contributed by atoms with Crippen LogP contribution in [0.2, 0.25) is 0 Å². The second-order valence-electron chi connectivity index (χ2n) is 8.01. The van der Waals surface area contributed by atoms with Crippen molar-refractivity contribution in [2.45, 2.75) is 0 Å². The van der Waals surface area contributed by atoms with Gasteiger partial charge >= 0.3 is 0 Å². The SMILES string of the molecule is COc1ccc(-c2cnc(-c3ccccc3C(=O)Nc3ccccc3Oc3ccccc3)o2)c(OC)c1. The number of para-hydroxylation sites is 3. The van der Waals surface area contributed by atoms with Crippen LogP contribution in [-0.4, -0.2) is 25.1 Å². The monoisotopic (exact) mass is 492 g/mol. The molecule has 0 spiro atoms. The maximum atomic E-state index is 13.4. The Bertz CT molecular complexity index is 1530. The zero-order valence-electron chi connectivity index (χ0n) is 20.3. The van der Waals surface area contributed by atoms with Gasteiger partial charge in [0.1, 0.15) is 17.2 Å². The lowest BCUT2D eigenvalue weighted by Gasteiger charge is -2.13. The van der Waals surface area contributed by atoms with E-state index in [1.165, 1.54) is 0 Å². The number of nitrogens with one attached hydrogen (secondary N) is 1. The smallest absolute Gasteiger partial charge is 0.256 e. The van der Waals surface area contributed by atoms with Crippen molar-refractivity contribution in [3.05, 3.63) is 109 Å². The Balaban J connectivity index is 1.43. The highest BCUT2D eigenvalue weighted by Crippen LogP contribution is 2.36. The molecule has 1 N–H and O–H groups in total. The number of ether oxygens (including phenoxy) is 3. The summed E-state index contributed by atoms with van der Waals surface area (Å²) in [6.45, 7) is 0. The van der Waals surface area contributed by atoms with Gasteiger partial charge in [0.2, 0.25) is 5.89 Å². The lowest BCUT2D eigenvalue weighted by Crippen LogP contribution is -2.13. The lowest BCUT2D eigenvalue weighted by atomic mass is 10.1. The van der Waals surface area contributed by atoms with Gasteiger partial charge in [-0.3, -0.25) is 4.79 Å². The molecule has 1 amide bonds. The van der Waals surface area contributed by atoms with Crippen molar-refractivity contribution in [2.24, 2.45) is 0 Å². The summed E-state index contributed by atoms with van der Waals surface area (Å²) in [4.78, 5) is 17.8. The van der Waals surface area contributed by atoms with Gasteiger partial charge in [-0.15, -0.1) is 0 Å². The van der Waals surface area contributed by atoms with Crippen molar-refractivity contribution in [1.82, 2.24) is 4.98 Å². The molecule has 0 aliphatic carbocycles. The minimum absolute atomic E-state index is 0.312. The number of oxazole rings is 1. The molecule has 0 aliphatic rings. The van der Waals surface area contributed by atoms with Gasteiger partial charge in [0.25, 0.3) is 5.91 Å². The number of rotatable bonds is 8. The maximum Gasteiger partial charge on any atom is 0.256 e. The Kier molecular flexibility index (Phi) is 6.85. The number of nitrogens with zero attached hydrogens (tertiary/aromatic N) is 1. The molecular formula is C30H24N2O5. The van der Waals surface area contributed by atoms with E-state index in [1.54, 1.807) is 56.8 Å². The second kappa shape index (κ2) is 10.7. The number of benzene rings is 4. The molecule has 0 atom stereocenters. The van der Waals surface area contributed by atoms with Crippen LogP contribution in [0.3, 0.4) is 0 Å². The summed E-state index contributed by atoms with van der Waals surface area (Å²) < 4.78 is 22.8. The fourth-order valence-electron chi connectivity index (χ4n) is 3.86. The van der Waals surface area contributed by atoms with E-state index in [1.807, 2.05) is 60.7 Å².